The summed E-state index contributed by atoms with van der Waals surface area (Å²) in [5.41, 5.74) is 1.19. The van der Waals surface area contributed by atoms with Crippen LogP contribution < -0.4 is 25.6 Å². The van der Waals surface area contributed by atoms with E-state index in [-0.39, 0.29) is 55.2 Å². The second-order valence-corrected chi connectivity index (χ2v) is 35.4. The average molecular weight is 1540 g/mol. The maximum Gasteiger partial charge on any atom is 0.501 e. The lowest BCUT2D eigenvalue weighted by Crippen LogP contribution is -2.57. The Kier molecular flexibility index (Phi) is 26.4. The van der Waals surface area contributed by atoms with Crippen LogP contribution in [0.1, 0.15) is 139 Å². The van der Waals surface area contributed by atoms with Gasteiger partial charge in [0, 0.05) is 113 Å². The van der Waals surface area contributed by atoms with Crippen molar-refractivity contribution in [3.05, 3.63) is 148 Å². The van der Waals surface area contributed by atoms with Crippen molar-refractivity contribution >= 4 is 101 Å². The Bertz CT molecular complexity index is 4300. The van der Waals surface area contributed by atoms with Crippen LogP contribution in [-0.4, -0.2) is 194 Å². The number of β-amino-alcohol motifs (C(OH)–C–C–N with tert-alkyl or cyclic N) is 1. The number of alkyl halides is 3. The van der Waals surface area contributed by atoms with Gasteiger partial charge in [0.2, 0.25) is 23.6 Å². The number of aliphatic hydroxyl groups excluding tert-OH is 1. The summed E-state index contributed by atoms with van der Waals surface area (Å²) in [6.07, 6.45) is 6.68. The number of unbranched alkanes of at least 4 members (excludes halogenated alkanes) is 2. The number of aryl methyl sites for hydroxylation is 1. The van der Waals surface area contributed by atoms with Crippen LogP contribution >= 0.6 is 34.7 Å². The third kappa shape index (κ3) is 21.0. The van der Waals surface area contributed by atoms with Gasteiger partial charge >= 0.3 is 5.51 Å². The number of aromatic nitrogens is 3. The topological polar surface area (TPSA) is 277 Å². The summed E-state index contributed by atoms with van der Waals surface area (Å²) in [5, 5.41) is 20.4. The highest BCUT2D eigenvalue weighted by Gasteiger charge is 2.49. The van der Waals surface area contributed by atoms with Gasteiger partial charge in [0.05, 0.1) is 51.2 Å². The number of sulfonamides is 1. The standard InChI is InChI=1S/C75H94ClF3N12O10S4/c1-49(51-18-20-53(21-19-51)68-50(2)82-48-103-68)83-71(96)63-40-57(92)46-91(63)72(97)69(73(3,4)5)85-66(93)16-12-9-13-17-67(94)90-38-32-87(33-39-90)31-29-56(47-102-58-14-10-8-11-15-58)84-61-27-26-59(41-64(61)104(98,99)75(77,78)79)105(100,101)86-70(95)62-43-81-65(44-80-62)89-36-34-88(35-37-89)45-54-42-74(6,7)30-28-60(54)52-22-24-55(76)25-23-52/h8,10-11,14-15,18-27,41,43-44,48-49,56-57,63,69,84,92H,9,12-13,16-17,28-40,42,45-47H2,1-7H3,(H,83,96)(H,85,93)(H,86,95)/t49-,56+,57+,63-,69+/m0/s1. The van der Waals surface area contributed by atoms with E-state index in [1.807, 2.05) is 111 Å². The summed E-state index contributed by atoms with van der Waals surface area (Å²) in [6, 6.07) is 24.2. The number of thiazole rings is 1. The minimum atomic E-state index is -6.21. The molecule has 3 saturated heterocycles. The number of thioether (sulfide) groups is 1. The van der Waals surface area contributed by atoms with Gasteiger partial charge in [0.15, 0.2) is 0 Å². The third-order valence-corrected chi connectivity index (χ3v) is 25.1. The molecule has 0 radical (unpaired) electrons. The predicted molar refractivity (Wildman–Crippen MR) is 403 cm³/mol. The van der Waals surface area contributed by atoms with E-state index in [2.05, 4.69) is 66.7 Å². The number of amides is 5. The number of allylic oxidation sites excluding steroid dienone is 1. The summed E-state index contributed by atoms with van der Waals surface area (Å²) >= 11 is 9.14. The van der Waals surface area contributed by atoms with Gasteiger partial charge in [-0.25, -0.2) is 36.5 Å². The molecule has 0 bridgehead atoms. The van der Waals surface area contributed by atoms with Crippen molar-refractivity contribution in [2.24, 2.45) is 10.8 Å². The van der Waals surface area contributed by atoms with Crippen LogP contribution in [0.15, 0.2) is 135 Å². The zero-order valence-corrected chi connectivity index (χ0v) is 64.3. The van der Waals surface area contributed by atoms with E-state index in [1.165, 1.54) is 39.6 Å². The first kappa shape index (κ1) is 80.0. The summed E-state index contributed by atoms with van der Waals surface area (Å²) in [5.74, 6) is -1.85. The third-order valence-electron chi connectivity index (χ3n) is 19.9. The van der Waals surface area contributed by atoms with Crippen LogP contribution in [0.5, 0.6) is 0 Å². The number of carbonyl (C=O) groups is 5. The van der Waals surface area contributed by atoms with Crippen molar-refractivity contribution in [2.45, 2.75) is 163 Å². The number of benzene rings is 4. The fourth-order valence-corrected chi connectivity index (χ4v) is 17.7. The van der Waals surface area contributed by atoms with Gasteiger partial charge in [-0.05, 0) is 128 Å². The van der Waals surface area contributed by atoms with E-state index < -0.39 is 99.9 Å². The molecule has 0 saturated carbocycles. The summed E-state index contributed by atoms with van der Waals surface area (Å²) in [7, 11) is -11.2. The summed E-state index contributed by atoms with van der Waals surface area (Å²) in [6.45, 7) is 19.3. The first-order chi connectivity index (χ1) is 49.7. The lowest BCUT2D eigenvalue weighted by molar-refractivity contribution is -0.144. The SMILES string of the molecule is Cc1ncsc1-c1ccc([C@H](C)NC(=O)[C@@H]2C[C@@H](O)CN2C(=O)[C@@H](NC(=O)CCCCCC(=O)N2CCN(CC[C@H](CSc3ccccc3)Nc3ccc(S(=O)(=O)NC(=O)c4cnc(N5CCN(CC6=C(c7ccc(Cl)cc7)CCC(C)(C)C6)CC5)cn4)cc3S(=O)(=O)C(F)(F)F)CC2)C(C)(C)C)cc1. The van der Waals surface area contributed by atoms with Crippen LogP contribution in [0.25, 0.3) is 16.0 Å². The molecule has 1 aliphatic carbocycles. The number of anilines is 2. The molecule has 30 heteroatoms. The Balaban J connectivity index is 0.690. The Labute approximate surface area is 626 Å². The Morgan fingerprint density at radius 1 is 0.800 bits per heavy atom. The molecule has 5 heterocycles. The number of carbonyl (C=O) groups excluding carboxylic acids is 5. The number of piperazine rings is 2. The summed E-state index contributed by atoms with van der Waals surface area (Å²) < 4.78 is 100. The molecule has 4 aliphatic rings. The monoisotopic (exact) mass is 1540 g/mol. The van der Waals surface area contributed by atoms with Gasteiger partial charge in [-0.1, -0.05) is 113 Å². The zero-order valence-electron chi connectivity index (χ0n) is 60.3. The van der Waals surface area contributed by atoms with Crippen LogP contribution in [0.4, 0.5) is 24.7 Å². The van der Waals surface area contributed by atoms with Crippen molar-refractivity contribution in [2.75, 3.05) is 88.0 Å². The molecule has 566 valence electrons. The average Bonchev–Trinajstić information content (AvgIpc) is 0.849. The molecule has 22 nitrogen and oxygen atoms in total. The van der Waals surface area contributed by atoms with E-state index >= 15 is 0 Å². The fourth-order valence-electron chi connectivity index (χ4n) is 13.8. The van der Waals surface area contributed by atoms with Crippen molar-refractivity contribution in [1.29, 1.82) is 0 Å². The minimum Gasteiger partial charge on any atom is -0.391 e. The lowest BCUT2D eigenvalue weighted by Gasteiger charge is -2.39. The van der Waals surface area contributed by atoms with Crippen LogP contribution in [-0.2, 0) is 39.0 Å². The highest BCUT2D eigenvalue weighted by atomic mass is 35.5. The van der Waals surface area contributed by atoms with Gasteiger partial charge in [-0.3, -0.25) is 33.8 Å². The number of rotatable bonds is 28. The molecule has 3 aliphatic heterocycles. The number of halogens is 4. The number of aliphatic hydroxyl groups is 1. The number of hydrogen-bond acceptors (Lipinski definition) is 19. The van der Waals surface area contributed by atoms with Gasteiger partial charge in [-0.15, -0.1) is 23.1 Å². The number of nitrogens with zero attached hydrogens (tertiary/aromatic N) is 8. The van der Waals surface area contributed by atoms with E-state index in [9.17, 15) is 59.1 Å². The van der Waals surface area contributed by atoms with Crippen molar-refractivity contribution in [1.82, 2.24) is 49.9 Å². The minimum absolute atomic E-state index is 0.0452. The Morgan fingerprint density at radius 3 is 2.12 bits per heavy atom. The van der Waals surface area contributed by atoms with Crippen molar-refractivity contribution in [3.63, 3.8) is 0 Å². The number of nitrogens with one attached hydrogen (secondary N) is 4. The van der Waals surface area contributed by atoms with E-state index in [0.717, 1.165) is 83.8 Å². The smallest absolute Gasteiger partial charge is 0.391 e. The van der Waals surface area contributed by atoms with Gasteiger partial charge in [-0.2, -0.15) is 13.2 Å². The largest absolute Gasteiger partial charge is 0.501 e. The van der Waals surface area contributed by atoms with E-state index in [1.54, 1.807) is 21.7 Å². The van der Waals surface area contributed by atoms with E-state index in [0.29, 0.717) is 82.0 Å². The fraction of sp³-hybridized carbons (Fsp3) is 0.493. The molecule has 4 aromatic carbocycles. The Morgan fingerprint density at radius 2 is 1.48 bits per heavy atom. The molecule has 6 aromatic rings. The lowest BCUT2D eigenvalue weighted by atomic mass is 9.73. The van der Waals surface area contributed by atoms with Gasteiger partial charge in [0.25, 0.3) is 25.8 Å². The van der Waals surface area contributed by atoms with Gasteiger partial charge < -0.3 is 35.8 Å². The molecule has 0 spiro atoms. The highest BCUT2D eigenvalue weighted by molar-refractivity contribution is 7.99. The second kappa shape index (κ2) is 34.6. The maximum atomic E-state index is 14.6. The maximum absolute atomic E-state index is 14.6. The first-order valence-electron chi connectivity index (χ1n) is 35.5. The normalized spacial score (nSPS) is 18.7. The molecule has 2 aromatic heterocycles. The Hall–Kier alpha value is -7.51. The second-order valence-electron chi connectivity index (χ2n) is 29.4. The van der Waals surface area contributed by atoms with Crippen molar-refractivity contribution < 1.29 is 59.1 Å². The molecular weight excluding hydrogens is 1450 g/mol. The molecule has 5 amide bonds. The zero-order chi connectivity index (χ0) is 75.6. The molecule has 10 rings (SSSR count). The summed E-state index contributed by atoms with van der Waals surface area (Å²) in [4.78, 5) is 90.8. The van der Waals surface area contributed by atoms with Gasteiger partial charge in [0.1, 0.15) is 28.5 Å². The van der Waals surface area contributed by atoms with Crippen LogP contribution in [0, 0.1) is 17.8 Å². The van der Waals surface area contributed by atoms with Crippen LogP contribution in [0.2, 0.25) is 5.02 Å². The molecule has 5 atom stereocenters. The molecule has 5 N–H and O–H groups in total. The molecule has 3 fully saturated rings. The number of likely N-dealkylation sites (tertiary alicyclic amines) is 1. The molecule has 105 heavy (non-hydrogen) atoms. The highest BCUT2D eigenvalue weighted by Crippen LogP contribution is 2.44. The van der Waals surface area contributed by atoms with E-state index in [4.69, 9.17) is 11.6 Å². The predicted octanol–water partition coefficient (Wildman–Crippen LogP) is 11.2. The van der Waals surface area contributed by atoms with Crippen LogP contribution in [0.3, 0.4) is 0 Å². The number of hydrogen-bond donors (Lipinski definition) is 5. The first-order valence-corrected chi connectivity index (χ1v) is 40.7. The number of sulfone groups is 1. The quantitative estimate of drug-likeness (QED) is 0.0225. The molecule has 0 unspecified atom stereocenters. The van der Waals surface area contributed by atoms with Crippen molar-refractivity contribution in [3.8, 4) is 10.4 Å². The molecular formula is C75H94ClF3N12O10S4.